The second-order valence-electron chi connectivity index (χ2n) is 6.42. The fourth-order valence-electron chi connectivity index (χ4n) is 3.53. The Morgan fingerprint density at radius 1 is 1.36 bits per heavy atom. The lowest BCUT2D eigenvalue weighted by Gasteiger charge is -2.35. The number of rotatable bonds is 4. The lowest BCUT2D eigenvalue weighted by molar-refractivity contribution is -0.134. The van der Waals surface area contributed by atoms with Crippen molar-refractivity contribution in [2.75, 3.05) is 13.7 Å². The van der Waals surface area contributed by atoms with E-state index in [1.807, 2.05) is 37.1 Å². The molecule has 1 aromatic rings. The molecule has 0 radical (unpaired) electrons. The Bertz CT molecular complexity index is 552. The average Bonchev–Trinajstić information content (AvgIpc) is 2.86. The molecule has 3 rings (SSSR count). The molecule has 2 saturated heterocycles. The van der Waals surface area contributed by atoms with E-state index in [9.17, 15) is 4.79 Å². The normalized spacial score (nSPS) is 26.8. The van der Waals surface area contributed by atoms with E-state index in [-0.39, 0.29) is 12.5 Å². The fraction of sp³-hybridized carbons (Fsp3) is 0.588. The van der Waals surface area contributed by atoms with Crippen LogP contribution < -0.4 is 10.1 Å². The molecule has 2 heterocycles. The van der Waals surface area contributed by atoms with Gasteiger partial charge < -0.3 is 15.0 Å². The maximum atomic E-state index is 12.4. The van der Waals surface area contributed by atoms with Gasteiger partial charge in [-0.1, -0.05) is 17.7 Å². The zero-order valence-corrected chi connectivity index (χ0v) is 13.9. The summed E-state index contributed by atoms with van der Waals surface area (Å²) in [6.45, 7) is 1.97. The van der Waals surface area contributed by atoms with Gasteiger partial charge >= 0.3 is 0 Å². The monoisotopic (exact) mass is 322 g/mol. The average molecular weight is 323 g/mol. The number of carbonyl (C=O) groups excluding carboxylic acids is 1. The molecule has 0 aromatic heterocycles. The standard InChI is InChI=1S/C17H23ClN2O2/c1-11-15(18)4-3-5-16(11)22-10-17(21)20(2)14-8-12-6-7-13(9-14)19-12/h3-5,12-14,19H,6-10H2,1-2H3. The Morgan fingerprint density at radius 2 is 2.05 bits per heavy atom. The Labute approximate surface area is 136 Å². The van der Waals surface area contributed by atoms with E-state index >= 15 is 0 Å². The SMILES string of the molecule is Cc1c(Cl)cccc1OCC(=O)N(C)C1CC2CCC(C1)N2. The van der Waals surface area contributed by atoms with E-state index in [1.54, 1.807) is 0 Å². The van der Waals surface area contributed by atoms with E-state index < -0.39 is 0 Å². The Hall–Kier alpha value is -1.26. The zero-order valence-electron chi connectivity index (χ0n) is 13.1. The molecule has 4 nitrogen and oxygen atoms in total. The number of fused-ring (bicyclic) bond motifs is 2. The summed E-state index contributed by atoms with van der Waals surface area (Å²) in [6.07, 6.45) is 4.58. The van der Waals surface area contributed by atoms with Crippen molar-refractivity contribution >= 4 is 17.5 Å². The third-order valence-electron chi connectivity index (χ3n) is 4.96. The first-order chi connectivity index (χ1) is 10.5. The number of nitrogens with zero attached hydrogens (tertiary/aromatic N) is 1. The van der Waals surface area contributed by atoms with Crippen LogP contribution in [-0.4, -0.2) is 42.6 Å². The van der Waals surface area contributed by atoms with Crippen LogP contribution in [0, 0.1) is 6.92 Å². The van der Waals surface area contributed by atoms with Gasteiger partial charge in [0, 0.05) is 35.8 Å². The van der Waals surface area contributed by atoms with Gasteiger partial charge in [-0.25, -0.2) is 0 Å². The van der Waals surface area contributed by atoms with Crippen molar-refractivity contribution in [3.05, 3.63) is 28.8 Å². The molecule has 1 amide bonds. The summed E-state index contributed by atoms with van der Waals surface area (Å²) in [5.41, 5.74) is 0.875. The van der Waals surface area contributed by atoms with Gasteiger partial charge in [-0.15, -0.1) is 0 Å². The van der Waals surface area contributed by atoms with E-state index in [1.165, 1.54) is 12.8 Å². The Balaban J connectivity index is 1.56. The van der Waals surface area contributed by atoms with Gasteiger partial charge in [0.2, 0.25) is 0 Å². The highest BCUT2D eigenvalue weighted by molar-refractivity contribution is 6.31. The summed E-state index contributed by atoms with van der Waals surface area (Å²) in [6, 6.07) is 6.99. The highest BCUT2D eigenvalue weighted by Gasteiger charge is 2.36. The molecule has 0 aliphatic carbocycles. The van der Waals surface area contributed by atoms with Gasteiger partial charge in [-0.2, -0.15) is 0 Å². The van der Waals surface area contributed by atoms with Crippen molar-refractivity contribution in [3.63, 3.8) is 0 Å². The summed E-state index contributed by atoms with van der Waals surface area (Å²) < 4.78 is 5.67. The zero-order chi connectivity index (χ0) is 15.7. The van der Waals surface area contributed by atoms with Crippen LogP contribution in [0.3, 0.4) is 0 Å². The largest absolute Gasteiger partial charge is 0.483 e. The van der Waals surface area contributed by atoms with Crippen LogP contribution >= 0.6 is 11.6 Å². The smallest absolute Gasteiger partial charge is 0.260 e. The predicted octanol–water partition coefficient (Wildman–Crippen LogP) is 2.77. The summed E-state index contributed by atoms with van der Waals surface area (Å²) in [7, 11) is 1.89. The number of halogens is 1. The minimum absolute atomic E-state index is 0.0330. The first kappa shape index (κ1) is 15.6. The third kappa shape index (κ3) is 3.23. The van der Waals surface area contributed by atoms with Gasteiger partial charge in [0.1, 0.15) is 5.75 Å². The number of hydrogen-bond acceptors (Lipinski definition) is 3. The molecule has 2 bridgehead atoms. The molecule has 1 N–H and O–H groups in total. The van der Waals surface area contributed by atoms with Crippen molar-refractivity contribution in [2.45, 2.75) is 50.7 Å². The second kappa shape index (κ2) is 6.47. The minimum atomic E-state index is 0.0330. The Kier molecular flexibility index (Phi) is 4.59. The summed E-state index contributed by atoms with van der Waals surface area (Å²) in [4.78, 5) is 14.3. The van der Waals surface area contributed by atoms with E-state index in [4.69, 9.17) is 16.3 Å². The van der Waals surface area contributed by atoms with Crippen LogP contribution in [0.5, 0.6) is 5.75 Å². The predicted molar refractivity (Wildman–Crippen MR) is 87.4 cm³/mol. The second-order valence-corrected chi connectivity index (χ2v) is 6.83. The van der Waals surface area contributed by atoms with Gasteiger partial charge in [0.05, 0.1) is 0 Å². The first-order valence-electron chi connectivity index (χ1n) is 7.94. The molecule has 120 valence electrons. The van der Waals surface area contributed by atoms with E-state index in [0.29, 0.717) is 28.9 Å². The summed E-state index contributed by atoms with van der Waals surface area (Å²) >= 11 is 6.07. The fourth-order valence-corrected chi connectivity index (χ4v) is 3.70. The molecule has 0 spiro atoms. The van der Waals surface area contributed by atoms with Crippen LogP contribution in [0.1, 0.15) is 31.2 Å². The number of piperidine rings is 1. The van der Waals surface area contributed by atoms with Crippen molar-refractivity contribution in [2.24, 2.45) is 0 Å². The van der Waals surface area contributed by atoms with Crippen LogP contribution in [-0.2, 0) is 4.79 Å². The number of nitrogens with one attached hydrogen (secondary N) is 1. The summed E-state index contributed by atoms with van der Waals surface area (Å²) in [5.74, 6) is 0.713. The molecule has 2 aliphatic heterocycles. The molecular weight excluding hydrogens is 300 g/mol. The van der Waals surface area contributed by atoms with Crippen LogP contribution in [0.15, 0.2) is 18.2 Å². The highest BCUT2D eigenvalue weighted by Crippen LogP contribution is 2.29. The third-order valence-corrected chi connectivity index (χ3v) is 5.37. The first-order valence-corrected chi connectivity index (χ1v) is 8.32. The maximum Gasteiger partial charge on any atom is 0.260 e. The quantitative estimate of drug-likeness (QED) is 0.926. The molecule has 2 atom stereocenters. The molecule has 0 saturated carbocycles. The molecule has 5 heteroatoms. The van der Waals surface area contributed by atoms with Gasteiger partial charge in [-0.05, 0) is 44.7 Å². The minimum Gasteiger partial charge on any atom is -0.483 e. The van der Waals surface area contributed by atoms with Crippen molar-refractivity contribution in [1.29, 1.82) is 0 Å². The van der Waals surface area contributed by atoms with E-state index in [0.717, 1.165) is 18.4 Å². The number of benzene rings is 1. The van der Waals surface area contributed by atoms with E-state index in [2.05, 4.69) is 5.32 Å². The lowest BCUT2D eigenvalue weighted by atomic mass is 9.98. The molecule has 2 fully saturated rings. The summed E-state index contributed by atoms with van der Waals surface area (Å²) in [5, 5.41) is 4.26. The molecule has 1 aromatic carbocycles. The molecular formula is C17H23ClN2O2. The van der Waals surface area contributed by atoms with Crippen LogP contribution in [0.2, 0.25) is 5.02 Å². The van der Waals surface area contributed by atoms with Gasteiger partial charge in [-0.3, -0.25) is 4.79 Å². The molecule has 2 aliphatic rings. The topological polar surface area (TPSA) is 41.6 Å². The number of ether oxygens (including phenoxy) is 1. The molecule has 22 heavy (non-hydrogen) atoms. The van der Waals surface area contributed by atoms with Gasteiger partial charge in [0.15, 0.2) is 6.61 Å². The van der Waals surface area contributed by atoms with Crippen molar-refractivity contribution < 1.29 is 9.53 Å². The number of likely N-dealkylation sites (N-methyl/N-ethyl adjacent to an activating group) is 1. The maximum absolute atomic E-state index is 12.4. The Morgan fingerprint density at radius 3 is 2.73 bits per heavy atom. The number of amides is 1. The molecule has 2 unspecified atom stereocenters. The highest BCUT2D eigenvalue weighted by atomic mass is 35.5. The van der Waals surface area contributed by atoms with Crippen LogP contribution in [0.25, 0.3) is 0 Å². The lowest BCUT2D eigenvalue weighted by Crippen LogP contribution is -2.49. The van der Waals surface area contributed by atoms with Gasteiger partial charge in [0.25, 0.3) is 5.91 Å². The number of carbonyl (C=O) groups is 1. The van der Waals surface area contributed by atoms with Crippen molar-refractivity contribution in [1.82, 2.24) is 10.2 Å². The van der Waals surface area contributed by atoms with Crippen molar-refractivity contribution in [3.8, 4) is 5.75 Å². The van der Waals surface area contributed by atoms with Crippen LogP contribution in [0.4, 0.5) is 0 Å². The number of hydrogen-bond donors (Lipinski definition) is 1.